The van der Waals surface area contributed by atoms with E-state index in [0.717, 1.165) is 42.4 Å². The molecule has 28 nitrogen and oxygen atoms in total. The van der Waals surface area contributed by atoms with Crippen molar-refractivity contribution in [3.05, 3.63) is 77.0 Å². The predicted molar refractivity (Wildman–Crippen MR) is 382 cm³/mol. The maximum atomic E-state index is 15.3. The van der Waals surface area contributed by atoms with E-state index in [1.54, 1.807) is 85.4 Å². The lowest BCUT2D eigenvalue weighted by Gasteiger charge is -2.36. The van der Waals surface area contributed by atoms with Gasteiger partial charge in [-0.15, -0.1) is 6.58 Å². The third kappa shape index (κ3) is 16.6. The summed E-state index contributed by atoms with van der Waals surface area (Å²) in [6, 6.07) is 5.65. The number of carbonyl (C=O) groups excluding carboxylic acids is 9. The number of benzene rings is 2. The summed E-state index contributed by atoms with van der Waals surface area (Å²) < 4.78 is 89.0. The number of nitrogens with zero attached hydrogens (tertiary/aromatic N) is 4. The van der Waals surface area contributed by atoms with Gasteiger partial charge >= 0.3 is 18.3 Å². The Morgan fingerprint density at radius 1 is 0.846 bits per heavy atom. The van der Waals surface area contributed by atoms with Crippen molar-refractivity contribution in [2.24, 2.45) is 34.0 Å². The molecule has 6 fully saturated rings. The third-order valence-corrected chi connectivity index (χ3v) is 25.6. The molecule has 5 heterocycles. The van der Waals surface area contributed by atoms with E-state index in [1.165, 1.54) is 29.2 Å². The molecule has 4 bridgehead atoms. The molecule has 568 valence electrons. The average Bonchev–Trinajstić information content (AvgIpc) is 1.58. The Bertz CT molecular complexity index is 4200. The van der Waals surface area contributed by atoms with Gasteiger partial charge in [-0.1, -0.05) is 111 Å². The number of ether oxygens (including phenoxy) is 5. The third-order valence-electron chi connectivity index (χ3n) is 21.7. The van der Waals surface area contributed by atoms with E-state index in [-0.39, 0.29) is 64.1 Å². The molecule has 2 saturated heterocycles. The smallest absolute Gasteiger partial charge is 0.410 e. The van der Waals surface area contributed by atoms with Crippen LogP contribution in [0.1, 0.15) is 170 Å². The molecule has 11 rings (SSSR count). The SMILES string of the molecule is C=C[C@@H]1C[C@]1(NC(=O)[C@@H]1C[C@@H](Oc2ncc(OC)c3ccc(Cl)cc23)CN1C(=O)[C@@H](NC(=O)OC(C)(C)CC1CC1S(=O)(=O)NC(=O)[C@@]1(NC(=O)[C@@H]2CC3CN2C(=O)[C@H](C(C)(C)C)NC(=O)OCC(C)(C)CCCCc2cccc4c2CN(C4)C(=O)O3)CC1CC)C(C)(C)C)C(=O)NS(=O)(=O)C1CC1. The zero-order valence-electron chi connectivity index (χ0n) is 61.2. The number of amides is 9. The molecule has 3 aromatic rings. The fourth-order valence-corrected chi connectivity index (χ4v) is 18.5. The molecule has 4 aliphatic carbocycles. The van der Waals surface area contributed by atoms with E-state index in [1.807, 2.05) is 26.0 Å². The van der Waals surface area contributed by atoms with Crippen LogP contribution in [0.25, 0.3) is 10.8 Å². The molecular weight excluding hydrogens is 1400 g/mol. The summed E-state index contributed by atoms with van der Waals surface area (Å²) in [7, 11) is -7.05. The zero-order valence-corrected chi connectivity index (χ0v) is 63.6. The number of halogens is 1. The summed E-state index contributed by atoms with van der Waals surface area (Å²) in [5, 5.41) is 10.6. The van der Waals surface area contributed by atoms with E-state index in [9.17, 15) is 50.4 Å². The van der Waals surface area contributed by atoms with Crippen LogP contribution in [0.4, 0.5) is 14.4 Å². The Morgan fingerprint density at radius 3 is 2.18 bits per heavy atom. The van der Waals surface area contributed by atoms with E-state index in [4.69, 9.17) is 35.3 Å². The molecule has 4 saturated carbocycles. The first kappa shape index (κ1) is 77.1. The first-order valence-corrected chi connectivity index (χ1v) is 39.4. The van der Waals surface area contributed by atoms with Crippen LogP contribution in [-0.4, -0.2) is 181 Å². The maximum absolute atomic E-state index is 15.3. The Kier molecular flexibility index (Phi) is 21.3. The summed E-state index contributed by atoms with van der Waals surface area (Å²) >= 11 is 6.44. The minimum atomic E-state index is -4.48. The van der Waals surface area contributed by atoms with Gasteiger partial charge in [0.05, 0.1) is 43.5 Å². The van der Waals surface area contributed by atoms with Gasteiger partial charge in [-0.3, -0.25) is 43.1 Å². The van der Waals surface area contributed by atoms with Gasteiger partial charge in [-0.2, -0.15) is 0 Å². The van der Waals surface area contributed by atoms with Crippen molar-refractivity contribution in [1.82, 2.24) is 50.4 Å². The van der Waals surface area contributed by atoms with Crippen molar-refractivity contribution in [1.29, 1.82) is 0 Å². The summed E-state index contributed by atoms with van der Waals surface area (Å²) in [6.07, 6.45) is 2.51. The maximum Gasteiger partial charge on any atom is 0.410 e. The molecule has 4 aliphatic heterocycles. The fourth-order valence-electron chi connectivity index (χ4n) is 15.3. The van der Waals surface area contributed by atoms with E-state index >= 15 is 9.59 Å². The molecule has 8 aliphatic rings. The normalized spacial score (nSPS) is 28.1. The number of alkyl carbamates (subject to hydrolysis) is 2. The van der Waals surface area contributed by atoms with Crippen molar-refractivity contribution in [2.75, 3.05) is 26.8 Å². The fraction of sp³-hybridized carbons (Fsp3) is 0.644. The molecule has 1 aromatic heterocycles. The van der Waals surface area contributed by atoms with Crippen LogP contribution in [0.2, 0.25) is 5.02 Å². The second-order valence-electron chi connectivity index (χ2n) is 33.1. The highest BCUT2D eigenvalue weighted by Crippen LogP contribution is 2.50. The largest absolute Gasteiger partial charge is 0.494 e. The molecule has 2 aromatic carbocycles. The molecule has 0 radical (unpaired) electrons. The van der Waals surface area contributed by atoms with E-state index in [0.29, 0.717) is 53.9 Å². The molecular formula is C73H99ClN10O18S2. The number of aryl methyl sites for hydroxylation is 1. The lowest BCUT2D eigenvalue weighted by Crippen LogP contribution is -2.60. The number of fused-ring (bicyclic) bond motifs is 4. The Hall–Kier alpha value is -7.99. The molecule has 104 heavy (non-hydrogen) atoms. The van der Waals surface area contributed by atoms with Crippen molar-refractivity contribution in [2.45, 2.75) is 236 Å². The lowest BCUT2D eigenvalue weighted by atomic mass is 9.85. The Balaban J connectivity index is 0.757. The van der Waals surface area contributed by atoms with Gasteiger partial charge in [0.2, 0.25) is 49.6 Å². The number of pyridine rings is 1. The Morgan fingerprint density at radius 2 is 1.53 bits per heavy atom. The van der Waals surface area contributed by atoms with Gasteiger partial charge in [-0.25, -0.2) is 36.2 Å². The number of carbonyl (C=O) groups is 9. The zero-order chi connectivity index (χ0) is 75.8. The summed E-state index contributed by atoms with van der Waals surface area (Å²) in [6.45, 7) is 23.2. The van der Waals surface area contributed by atoms with Crippen LogP contribution in [0, 0.1) is 34.0 Å². The van der Waals surface area contributed by atoms with Crippen LogP contribution in [0.3, 0.4) is 0 Å². The van der Waals surface area contributed by atoms with Crippen molar-refractivity contribution in [3.63, 3.8) is 0 Å². The number of aromatic nitrogens is 1. The van der Waals surface area contributed by atoms with Crippen LogP contribution in [0.5, 0.6) is 11.6 Å². The van der Waals surface area contributed by atoms with Crippen LogP contribution < -0.4 is 40.2 Å². The number of cyclic esters (lactones) is 1. The second kappa shape index (κ2) is 28.7. The highest BCUT2D eigenvalue weighted by molar-refractivity contribution is 7.91. The predicted octanol–water partition coefficient (Wildman–Crippen LogP) is 7.36. The topological polar surface area (TPSA) is 363 Å². The molecule has 4 unspecified atom stereocenters. The van der Waals surface area contributed by atoms with Crippen LogP contribution in [0.15, 0.2) is 55.3 Å². The summed E-state index contributed by atoms with van der Waals surface area (Å²) in [5.74, 6) is -6.27. The number of nitrogens with one attached hydrogen (secondary N) is 6. The van der Waals surface area contributed by atoms with E-state index < -0.39 is 171 Å². The average molecular weight is 1500 g/mol. The monoisotopic (exact) mass is 1500 g/mol. The first-order chi connectivity index (χ1) is 48.6. The van der Waals surface area contributed by atoms with Crippen molar-refractivity contribution < 1.29 is 83.7 Å². The second-order valence-corrected chi connectivity index (χ2v) is 37.4. The molecule has 0 spiro atoms. The number of hydrogen-bond acceptors (Lipinski definition) is 19. The number of likely N-dealkylation sites (tertiary alicyclic amines) is 1. The van der Waals surface area contributed by atoms with Crippen LogP contribution >= 0.6 is 11.6 Å². The van der Waals surface area contributed by atoms with Crippen LogP contribution in [-0.2, 0) is 82.5 Å². The summed E-state index contributed by atoms with van der Waals surface area (Å²) in [4.78, 5) is 139. The quantitative estimate of drug-likeness (QED) is 0.0475. The number of rotatable bonds is 20. The van der Waals surface area contributed by atoms with Crippen molar-refractivity contribution >= 4 is 96.1 Å². The molecule has 12 atom stereocenters. The first-order valence-electron chi connectivity index (χ1n) is 35.9. The highest BCUT2D eigenvalue weighted by Gasteiger charge is 2.64. The Labute approximate surface area is 612 Å². The highest BCUT2D eigenvalue weighted by atomic mass is 35.5. The van der Waals surface area contributed by atoms with Gasteiger partial charge < -0.3 is 54.8 Å². The molecule has 9 amide bonds. The standard InChI is InChI=1S/C73H99ClN10O18S2/c1-14-43-32-72(43,63(89)80-103(94,95)48-23-24-48)78-58(85)52-29-46(100-60-50-28-45(74)22-25-49(50)54(98-13)34-75-60)36-83(52)62(88)57(69(6,7)8)77-66(92)102-71(11,12)31-42-27-55(42)104(96,97)81-64(90)73(33-44(73)15-2)79-59(86)53-30-47-37-84(53)61(87)56(68(3,4)5)76-65(91)99-39-70(9,10)26-17-16-19-40-20-18-21-41-35-82(38-51(40)41)67(93)101-47/h14,18,20-22,25,28,34,42-44,46-48,52-53,55-57H,1,15-17,19,23-24,26-27,29-33,35-39H2,2-13H3,(H,76,91)(H,77,92)(H,78,85)(H,79,86)(H,80,89)(H,81,90)/t42?,43-,44?,46-,47?,52+,53+,55?,56-,57-,72-,73-/m1/s1. The van der Waals surface area contributed by atoms with Gasteiger partial charge in [0.25, 0.3) is 11.8 Å². The number of hydrogen-bond donors (Lipinski definition) is 6. The van der Waals surface area contributed by atoms with Gasteiger partial charge in [-0.05, 0) is 135 Å². The lowest BCUT2D eigenvalue weighted by molar-refractivity contribution is -0.143. The number of methoxy groups -OCH3 is 1. The van der Waals surface area contributed by atoms with Gasteiger partial charge in [0, 0.05) is 47.6 Å². The van der Waals surface area contributed by atoms with E-state index in [2.05, 4.69) is 48.3 Å². The minimum Gasteiger partial charge on any atom is -0.494 e. The number of sulfonamides is 2. The van der Waals surface area contributed by atoms with Crippen molar-refractivity contribution in [3.8, 4) is 11.6 Å². The molecule has 31 heteroatoms. The minimum absolute atomic E-state index is 0.0258. The van der Waals surface area contributed by atoms with Gasteiger partial charge in [0.1, 0.15) is 58.8 Å². The van der Waals surface area contributed by atoms with Gasteiger partial charge in [0.15, 0.2) is 0 Å². The summed E-state index contributed by atoms with van der Waals surface area (Å²) in [5.41, 5.74) is -4.12. The molecule has 6 N–H and O–H groups in total.